The Bertz CT molecular complexity index is 475. The van der Waals surface area contributed by atoms with Crippen molar-refractivity contribution < 1.29 is 9.90 Å². The van der Waals surface area contributed by atoms with Crippen molar-refractivity contribution in [3.8, 4) is 0 Å². The van der Waals surface area contributed by atoms with E-state index in [4.69, 9.17) is 5.11 Å². The molecular formula is C8H7N3O2. The van der Waals surface area contributed by atoms with Gasteiger partial charge < -0.3 is 5.11 Å². The van der Waals surface area contributed by atoms with Gasteiger partial charge in [-0.2, -0.15) is 0 Å². The van der Waals surface area contributed by atoms with Crippen LogP contribution in [0.2, 0.25) is 0 Å². The molecule has 66 valence electrons. The van der Waals surface area contributed by atoms with Crippen LogP contribution in [-0.4, -0.2) is 25.4 Å². The molecule has 2 aromatic heterocycles. The first kappa shape index (κ1) is 7.72. The van der Waals surface area contributed by atoms with Crippen molar-refractivity contribution in [3.05, 3.63) is 29.8 Å². The minimum Gasteiger partial charge on any atom is -0.478 e. The molecule has 0 fully saturated rings. The lowest BCUT2D eigenvalue weighted by molar-refractivity contribution is 0.0696. The van der Waals surface area contributed by atoms with Crippen LogP contribution >= 0.6 is 0 Å². The molecule has 0 amide bonds. The van der Waals surface area contributed by atoms with Gasteiger partial charge in [0.1, 0.15) is 0 Å². The van der Waals surface area contributed by atoms with Crippen LogP contribution in [0.4, 0.5) is 0 Å². The van der Waals surface area contributed by atoms with E-state index >= 15 is 0 Å². The number of fused-ring (bicyclic) bond motifs is 1. The lowest BCUT2D eigenvalue weighted by Crippen LogP contribution is -2.01. The molecule has 2 aromatic rings. The molecule has 13 heavy (non-hydrogen) atoms. The van der Waals surface area contributed by atoms with Gasteiger partial charge in [-0.25, -0.2) is 14.8 Å². The summed E-state index contributed by atoms with van der Waals surface area (Å²) in [6.07, 6.45) is 4.45. The molecule has 0 aliphatic rings. The van der Waals surface area contributed by atoms with Crippen molar-refractivity contribution in [1.82, 2.24) is 14.4 Å². The largest absolute Gasteiger partial charge is 0.478 e. The smallest absolute Gasteiger partial charge is 0.338 e. The fraction of sp³-hybridized carbons (Fsp3) is 0.125. The summed E-state index contributed by atoms with van der Waals surface area (Å²) in [6, 6.07) is 0. The van der Waals surface area contributed by atoms with Crippen LogP contribution in [0.5, 0.6) is 0 Å². The molecule has 0 radical (unpaired) electrons. The molecule has 0 saturated carbocycles. The van der Waals surface area contributed by atoms with Gasteiger partial charge in [0.25, 0.3) is 0 Å². The van der Waals surface area contributed by atoms with E-state index in [1.807, 2.05) is 6.92 Å². The van der Waals surface area contributed by atoms with Crippen LogP contribution in [0.3, 0.4) is 0 Å². The molecule has 0 spiro atoms. The number of aromatic carboxylic acids is 1. The molecule has 5 nitrogen and oxygen atoms in total. The van der Waals surface area contributed by atoms with Crippen LogP contribution in [0, 0.1) is 6.92 Å². The summed E-state index contributed by atoms with van der Waals surface area (Å²) in [5.74, 6) is -0.468. The summed E-state index contributed by atoms with van der Waals surface area (Å²) in [5, 5.41) is 8.70. The Balaban J connectivity index is 2.72. The number of carboxylic acids is 1. The topological polar surface area (TPSA) is 67.5 Å². The van der Waals surface area contributed by atoms with Crippen LogP contribution < -0.4 is 0 Å². The average molecular weight is 177 g/mol. The van der Waals surface area contributed by atoms with Gasteiger partial charge >= 0.3 is 5.97 Å². The van der Waals surface area contributed by atoms with Crippen LogP contribution in [-0.2, 0) is 0 Å². The Morgan fingerprint density at radius 1 is 1.46 bits per heavy atom. The Morgan fingerprint density at radius 2 is 2.15 bits per heavy atom. The van der Waals surface area contributed by atoms with Crippen LogP contribution in [0.25, 0.3) is 5.78 Å². The van der Waals surface area contributed by atoms with Crippen molar-refractivity contribution in [2.45, 2.75) is 6.92 Å². The van der Waals surface area contributed by atoms with E-state index < -0.39 is 5.97 Å². The van der Waals surface area contributed by atoms with Gasteiger partial charge in [-0.05, 0) is 6.92 Å². The number of hydrogen-bond acceptors (Lipinski definition) is 3. The predicted octanol–water partition coefficient (Wildman–Crippen LogP) is 0.736. The third-order valence-corrected chi connectivity index (χ3v) is 1.80. The lowest BCUT2D eigenvalue weighted by Gasteiger charge is -1.96. The van der Waals surface area contributed by atoms with E-state index in [1.54, 1.807) is 10.6 Å². The fourth-order valence-corrected chi connectivity index (χ4v) is 1.10. The number of imidazole rings is 1. The summed E-state index contributed by atoms with van der Waals surface area (Å²) in [4.78, 5) is 18.5. The van der Waals surface area contributed by atoms with Crippen molar-refractivity contribution in [3.63, 3.8) is 0 Å². The highest BCUT2D eigenvalue weighted by Crippen LogP contribution is 2.04. The van der Waals surface area contributed by atoms with Gasteiger partial charge in [0.05, 0.1) is 11.8 Å². The second-order valence-corrected chi connectivity index (χ2v) is 2.72. The standard InChI is InChI=1S/C8H7N3O2/c1-5-2-9-8-10-3-6(7(12)13)4-11(5)8/h2-4H,1H3,(H,12,13). The minimum absolute atomic E-state index is 0.161. The highest BCUT2D eigenvalue weighted by molar-refractivity contribution is 5.87. The second kappa shape index (κ2) is 2.55. The van der Waals surface area contributed by atoms with E-state index in [0.29, 0.717) is 5.78 Å². The Labute approximate surface area is 73.7 Å². The normalized spacial score (nSPS) is 10.5. The minimum atomic E-state index is -0.984. The Morgan fingerprint density at radius 3 is 2.85 bits per heavy atom. The quantitative estimate of drug-likeness (QED) is 0.697. The first-order valence-electron chi connectivity index (χ1n) is 3.71. The molecular weight excluding hydrogens is 170 g/mol. The third kappa shape index (κ3) is 1.14. The molecule has 2 heterocycles. The predicted molar refractivity (Wildman–Crippen MR) is 44.7 cm³/mol. The fourth-order valence-electron chi connectivity index (χ4n) is 1.10. The van der Waals surface area contributed by atoms with Gasteiger partial charge in [-0.3, -0.25) is 4.40 Å². The summed E-state index contributed by atoms with van der Waals surface area (Å²) in [5.41, 5.74) is 1.03. The van der Waals surface area contributed by atoms with E-state index in [1.165, 1.54) is 12.4 Å². The maximum atomic E-state index is 10.6. The molecule has 0 aliphatic heterocycles. The molecule has 0 atom stereocenters. The third-order valence-electron chi connectivity index (χ3n) is 1.80. The summed E-state index contributed by atoms with van der Waals surface area (Å²) in [7, 11) is 0. The zero-order chi connectivity index (χ0) is 9.42. The summed E-state index contributed by atoms with van der Waals surface area (Å²) >= 11 is 0. The van der Waals surface area contributed by atoms with Crippen molar-refractivity contribution in [2.24, 2.45) is 0 Å². The van der Waals surface area contributed by atoms with E-state index in [9.17, 15) is 4.79 Å². The van der Waals surface area contributed by atoms with Crippen molar-refractivity contribution in [2.75, 3.05) is 0 Å². The molecule has 1 N–H and O–H groups in total. The van der Waals surface area contributed by atoms with Crippen molar-refractivity contribution in [1.29, 1.82) is 0 Å². The number of aryl methyl sites for hydroxylation is 1. The Kier molecular flexibility index (Phi) is 1.51. The highest BCUT2D eigenvalue weighted by atomic mass is 16.4. The summed E-state index contributed by atoms with van der Waals surface area (Å²) < 4.78 is 1.64. The number of carbonyl (C=O) groups is 1. The zero-order valence-electron chi connectivity index (χ0n) is 6.93. The lowest BCUT2D eigenvalue weighted by atomic mass is 10.3. The van der Waals surface area contributed by atoms with Crippen LogP contribution in [0.1, 0.15) is 16.1 Å². The number of rotatable bonds is 1. The van der Waals surface area contributed by atoms with Gasteiger partial charge in [-0.15, -0.1) is 0 Å². The number of aromatic nitrogens is 3. The van der Waals surface area contributed by atoms with Gasteiger partial charge in [0, 0.05) is 18.1 Å². The molecule has 0 aliphatic carbocycles. The van der Waals surface area contributed by atoms with Crippen molar-refractivity contribution >= 4 is 11.7 Å². The molecule has 0 saturated heterocycles. The molecule has 5 heteroatoms. The maximum Gasteiger partial charge on any atom is 0.338 e. The summed E-state index contributed by atoms with van der Waals surface area (Å²) in [6.45, 7) is 1.84. The maximum absolute atomic E-state index is 10.6. The van der Waals surface area contributed by atoms with Gasteiger partial charge in [0.2, 0.25) is 5.78 Å². The van der Waals surface area contributed by atoms with E-state index in [0.717, 1.165) is 5.69 Å². The number of hydrogen-bond donors (Lipinski definition) is 1. The first-order valence-corrected chi connectivity index (χ1v) is 3.71. The van der Waals surface area contributed by atoms with Gasteiger partial charge in [0.15, 0.2) is 0 Å². The Hall–Kier alpha value is -1.91. The monoisotopic (exact) mass is 177 g/mol. The van der Waals surface area contributed by atoms with Gasteiger partial charge in [-0.1, -0.05) is 0 Å². The SMILES string of the molecule is Cc1cnc2ncc(C(=O)O)cn12. The van der Waals surface area contributed by atoms with E-state index in [2.05, 4.69) is 9.97 Å². The highest BCUT2D eigenvalue weighted by Gasteiger charge is 2.06. The van der Waals surface area contributed by atoms with Crippen LogP contribution in [0.15, 0.2) is 18.6 Å². The first-order chi connectivity index (χ1) is 6.18. The molecule has 0 unspecified atom stereocenters. The molecule has 0 bridgehead atoms. The molecule has 0 aromatic carbocycles. The average Bonchev–Trinajstić information content (AvgIpc) is 2.47. The van der Waals surface area contributed by atoms with E-state index in [-0.39, 0.29) is 5.56 Å². The number of carboxylic acid groups (broad SMARTS) is 1. The number of nitrogens with zero attached hydrogens (tertiary/aromatic N) is 3. The molecule has 2 rings (SSSR count). The second-order valence-electron chi connectivity index (χ2n) is 2.72. The zero-order valence-corrected chi connectivity index (χ0v) is 6.93.